The third-order valence-electron chi connectivity index (χ3n) is 15.1. The lowest BCUT2D eigenvalue weighted by Gasteiger charge is -2.29. The van der Waals surface area contributed by atoms with Gasteiger partial charge >= 0.3 is 5.97 Å². The number of phenols is 1. The summed E-state index contributed by atoms with van der Waals surface area (Å²) in [5, 5.41) is 41.2. The summed E-state index contributed by atoms with van der Waals surface area (Å²) in [6.45, 7) is 3.25. The molecule has 1 aliphatic rings. The van der Waals surface area contributed by atoms with E-state index in [1.165, 1.54) is 17.0 Å². The maximum atomic E-state index is 15.1. The Bertz CT molecular complexity index is 3590. The van der Waals surface area contributed by atoms with Crippen LogP contribution in [0.3, 0.4) is 0 Å². The normalized spacial score (nSPS) is 15.7. The molecular weight excluding hydrogens is 1140 g/mol. The minimum atomic E-state index is -1.44. The van der Waals surface area contributed by atoms with Crippen molar-refractivity contribution in [2.45, 2.75) is 107 Å². The Morgan fingerprint density at radius 2 is 1.01 bits per heavy atom. The zero-order chi connectivity index (χ0) is 61.6. The van der Waals surface area contributed by atoms with Gasteiger partial charge in [0.15, 0.2) is 0 Å². The predicted octanol–water partition coefficient (Wildman–Crippen LogP) is 2.44. The van der Waals surface area contributed by atoms with Crippen LogP contribution in [0.5, 0.6) is 5.75 Å². The maximum Gasteiger partial charge on any atom is 0.327 e. The van der Waals surface area contributed by atoms with E-state index in [4.69, 9.17) is 5.73 Å². The van der Waals surface area contributed by atoms with Crippen LogP contribution in [0, 0.1) is 5.92 Å². The Morgan fingerprint density at radius 3 is 1.48 bits per heavy atom. The maximum absolute atomic E-state index is 15.1. The van der Waals surface area contributed by atoms with E-state index in [2.05, 4.69) is 77.4 Å². The molecule has 0 radical (unpaired) electrons. The number of nitrogens with two attached hydrogens (primary N) is 1. The van der Waals surface area contributed by atoms with Gasteiger partial charge in [-0.15, -0.1) is 0 Å². The number of hydrogen-bond donors (Lipinski definition) is 15. The van der Waals surface area contributed by atoms with Crippen molar-refractivity contribution in [2.24, 2.45) is 11.7 Å². The molecule has 23 nitrogen and oxygen atoms in total. The van der Waals surface area contributed by atoms with E-state index in [1.807, 2.05) is 80.6 Å². The molecule has 0 bridgehead atoms. The van der Waals surface area contributed by atoms with Crippen molar-refractivity contribution in [1.29, 1.82) is 0 Å². The van der Waals surface area contributed by atoms with Gasteiger partial charge in [-0.25, -0.2) is 4.79 Å². The van der Waals surface area contributed by atoms with Crippen LogP contribution in [-0.2, 0) is 68.8 Å². The first kappa shape index (κ1) is 63.2. The number of aliphatic carboxylic acids is 1. The number of amides is 8. The largest absolute Gasteiger partial charge is 0.508 e. The summed E-state index contributed by atoms with van der Waals surface area (Å²) >= 11 is 8.25. The van der Waals surface area contributed by atoms with Crippen molar-refractivity contribution < 1.29 is 53.4 Å². The first-order valence-corrected chi connectivity index (χ1v) is 29.6. The second-order valence-electron chi connectivity index (χ2n) is 21.8. The van der Waals surface area contributed by atoms with Crippen LogP contribution in [0.25, 0.3) is 32.7 Å². The van der Waals surface area contributed by atoms with Crippen LogP contribution < -0.4 is 43.0 Å². The van der Waals surface area contributed by atoms with Crippen molar-refractivity contribution in [2.75, 3.05) is 24.6 Å². The van der Waals surface area contributed by atoms with Crippen molar-refractivity contribution in [1.82, 2.24) is 57.1 Å². The molecule has 0 unspecified atom stereocenters. The fourth-order valence-corrected chi connectivity index (χ4v) is 11.0. The molecule has 4 heterocycles. The van der Waals surface area contributed by atoms with Gasteiger partial charge in [0.2, 0.25) is 47.3 Å². The first-order valence-electron chi connectivity index (χ1n) is 28.3. The number of fused-ring (bicyclic) bond motifs is 3. The highest BCUT2D eigenvalue weighted by molar-refractivity contribution is 7.80. The number of aromatic hydroxyl groups is 1. The van der Waals surface area contributed by atoms with E-state index in [0.29, 0.717) is 35.1 Å². The summed E-state index contributed by atoms with van der Waals surface area (Å²) in [7, 11) is 0. The molecule has 3 aromatic heterocycles. The number of thiol groups is 2. The van der Waals surface area contributed by atoms with Gasteiger partial charge in [-0.3, -0.25) is 38.4 Å². The van der Waals surface area contributed by atoms with Crippen molar-refractivity contribution in [3.63, 3.8) is 0 Å². The molecule has 8 rings (SSSR count). The smallest absolute Gasteiger partial charge is 0.327 e. The minimum absolute atomic E-state index is 0.0506. The Kier molecular flexibility index (Phi) is 21.6. The number of benzene rings is 4. The minimum Gasteiger partial charge on any atom is -0.508 e. The number of aromatic amines is 3. The van der Waals surface area contributed by atoms with Crippen molar-refractivity contribution >= 4 is 111 Å². The summed E-state index contributed by atoms with van der Waals surface area (Å²) < 4.78 is 0. The number of hydrogen-bond acceptors (Lipinski definition) is 13. The lowest BCUT2D eigenvalue weighted by atomic mass is 9.99. The van der Waals surface area contributed by atoms with E-state index in [9.17, 15) is 48.6 Å². The second kappa shape index (κ2) is 29.3. The molecular formula is C61H72N12O11S2. The molecule has 8 atom stereocenters. The van der Waals surface area contributed by atoms with E-state index in [0.717, 1.165) is 32.7 Å². The number of likely N-dealkylation sites (tertiary alicyclic amines) is 1. The summed E-state index contributed by atoms with van der Waals surface area (Å²) in [6, 6.07) is 17.9. The van der Waals surface area contributed by atoms with Gasteiger partial charge in [0.25, 0.3) is 0 Å². The third-order valence-corrected chi connectivity index (χ3v) is 15.9. The van der Waals surface area contributed by atoms with Crippen LogP contribution in [0.15, 0.2) is 116 Å². The molecule has 0 aliphatic carbocycles. The number of phenolic OH excluding ortho intramolecular Hbond substituents is 1. The molecule has 454 valence electrons. The Labute approximate surface area is 506 Å². The van der Waals surface area contributed by atoms with Crippen LogP contribution in [0.4, 0.5) is 0 Å². The van der Waals surface area contributed by atoms with E-state index in [-0.39, 0.29) is 61.8 Å². The van der Waals surface area contributed by atoms with Crippen LogP contribution >= 0.6 is 25.3 Å². The summed E-state index contributed by atoms with van der Waals surface area (Å²) in [5.74, 6) is -7.60. The highest BCUT2D eigenvalue weighted by atomic mass is 32.1. The SMILES string of the molecule is CC(C)C[C@H](NC(=O)[C@H](Cc1c[nH]c2ccccc12)NC(=O)[C@H](Cc1ccc(O)cc1)NC(=O)[C@H](Cc1c[nH]c2ccccc12)NC(=O)[C@@H]1CCCN1C(=O)[C@@H](N)CS)C(=O)NCC(=O)N[C@@H](Cc1c[nH]c2ccccc12)C(=O)N[C@@H](CS)C(=O)O. The topological polar surface area (TPSA) is 355 Å². The molecule has 4 aromatic carbocycles. The molecule has 8 amide bonds. The first-order chi connectivity index (χ1) is 41.3. The predicted molar refractivity (Wildman–Crippen MR) is 330 cm³/mol. The molecule has 7 aromatic rings. The molecule has 25 heteroatoms. The number of carboxylic acids is 1. The highest BCUT2D eigenvalue weighted by Gasteiger charge is 2.39. The van der Waals surface area contributed by atoms with E-state index in [1.54, 1.807) is 36.8 Å². The van der Waals surface area contributed by atoms with Gasteiger partial charge in [0.05, 0.1) is 12.6 Å². The van der Waals surface area contributed by atoms with Gasteiger partial charge in [0.1, 0.15) is 48.0 Å². The number of carbonyl (C=O) groups excluding carboxylic acids is 8. The number of aromatic nitrogens is 3. The number of nitrogens with zero attached hydrogens (tertiary/aromatic N) is 1. The fraction of sp³-hybridized carbons (Fsp3) is 0.361. The quantitative estimate of drug-likeness (QED) is 0.0315. The number of nitrogens with one attached hydrogen (secondary N) is 10. The van der Waals surface area contributed by atoms with Crippen molar-refractivity contribution in [3.05, 3.63) is 138 Å². The molecule has 0 spiro atoms. The molecule has 1 fully saturated rings. The lowest BCUT2D eigenvalue weighted by Crippen LogP contribution is -2.60. The van der Waals surface area contributed by atoms with Crippen LogP contribution in [0.1, 0.15) is 55.4 Å². The van der Waals surface area contributed by atoms with Crippen molar-refractivity contribution in [3.8, 4) is 5.75 Å². The Hall–Kier alpha value is -8.81. The number of rotatable bonds is 28. The van der Waals surface area contributed by atoms with E-state index < -0.39 is 108 Å². The van der Waals surface area contributed by atoms with Gasteiger partial charge in [-0.05, 0) is 77.8 Å². The number of H-pyrrole nitrogens is 3. The monoisotopic (exact) mass is 1210 g/mol. The second-order valence-corrected chi connectivity index (χ2v) is 22.6. The highest BCUT2D eigenvalue weighted by Crippen LogP contribution is 2.24. The Balaban J connectivity index is 1.04. The zero-order valence-electron chi connectivity index (χ0n) is 47.4. The molecule has 0 saturated carbocycles. The zero-order valence-corrected chi connectivity index (χ0v) is 49.2. The molecule has 1 aliphatic heterocycles. The summed E-state index contributed by atoms with van der Waals surface area (Å²) in [4.78, 5) is 137. The summed E-state index contributed by atoms with van der Waals surface area (Å²) in [6.07, 6.45) is 5.58. The summed E-state index contributed by atoms with van der Waals surface area (Å²) in [5.41, 5.74) is 10.8. The standard InChI is InChI=1S/C61H72N12O11S2/c1-33(2)22-46(54(76)66-30-53(75)67-48(56(78)72-51(32-86)61(83)84)24-35-27-63-43-13-6-3-10-39(35)43)68-57(79)49(25-36-28-64-44-14-7-4-11-40(36)44)70-55(77)47(23-34-17-19-38(74)20-18-34)69-58(80)50(26-37-29-65-45-15-8-5-12-41(37)45)71-59(81)52-16-9-21-73(52)60(82)42(62)31-85/h3-8,10-15,17-20,27-29,33,42,46-52,63-65,74,85-86H,9,16,21-26,30-32,62H2,1-2H3,(H,66,76)(H,67,75)(H,68,79)(H,69,80)(H,70,77)(H,71,81)(H,72,78)(H,83,84)/t42-,46-,47-,48-,49-,50-,51-,52-/m0/s1. The third kappa shape index (κ3) is 16.1. The average molecular weight is 1210 g/mol. The number of para-hydroxylation sites is 3. The average Bonchev–Trinajstić information content (AvgIpc) is 4.26. The van der Waals surface area contributed by atoms with Gasteiger partial charge in [-0.1, -0.05) is 80.6 Å². The van der Waals surface area contributed by atoms with Gasteiger partial charge in [0, 0.05) is 95.0 Å². The van der Waals surface area contributed by atoms with Gasteiger partial charge < -0.3 is 73.0 Å². The number of carboxylic acid groups (broad SMARTS) is 1. The van der Waals surface area contributed by atoms with Gasteiger partial charge in [-0.2, -0.15) is 25.3 Å². The van der Waals surface area contributed by atoms with Crippen LogP contribution in [0.2, 0.25) is 0 Å². The number of carbonyl (C=O) groups is 9. The fourth-order valence-electron chi connectivity index (χ4n) is 10.6. The lowest BCUT2D eigenvalue weighted by molar-refractivity contribution is -0.141. The molecule has 86 heavy (non-hydrogen) atoms. The van der Waals surface area contributed by atoms with Crippen LogP contribution in [-0.4, -0.2) is 156 Å². The molecule has 1 saturated heterocycles. The van der Waals surface area contributed by atoms with E-state index >= 15 is 4.79 Å². The Morgan fingerprint density at radius 1 is 0.570 bits per heavy atom. The molecule has 14 N–H and O–H groups in total.